The Morgan fingerprint density at radius 2 is 1.95 bits per heavy atom. The fourth-order valence-electron chi connectivity index (χ4n) is 2.47. The van der Waals surface area contributed by atoms with Crippen molar-refractivity contribution in [3.63, 3.8) is 0 Å². The molecule has 22 heavy (non-hydrogen) atoms. The largest absolute Gasteiger partial charge is 0.367 e. The molecule has 2 heterocycles. The third kappa shape index (κ3) is 4.16. The Kier molecular flexibility index (Phi) is 5.07. The van der Waals surface area contributed by atoms with Crippen LogP contribution in [-0.4, -0.2) is 47.6 Å². The summed E-state index contributed by atoms with van der Waals surface area (Å²) in [6, 6.07) is 2.12. The number of piperidine rings is 1. The van der Waals surface area contributed by atoms with Gasteiger partial charge in [-0.2, -0.15) is 0 Å². The molecule has 1 aliphatic heterocycles. The van der Waals surface area contributed by atoms with E-state index >= 15 is 0 Å². The summed E-state index contributed by atoms with van der Waals surface area (Å²) in [4.78, 5) is 8.89. The minimum atomic E-state index is -3.06. The fraction of sp³-hybridized carbons (Fsp3) is 0.733. The average molecular weight is 326 g/mol. The van der Waals surface area contributed by atoms with E-state index in [1.54, 1.807) is 17.4 Å². The zero-order valence-electron chi connectivity index (χ0n) is 13.8. The van der Waals surface area contributed by atoms with Crippen molar-refractivity contribution in [2.24, 2.45) is 0 Å². The second-order valence-corrected chi connectivity index (χ2v) is 8.99. The number of hydrogen-bond acceptors (Lipinski definition) is 5. The van der Waals surface area contributed by atoms with Gasteiger partial charge in [0.15, 0.2) is 0 Å². The zero-order chi connectivity index (χ0) is 16.4. The van der Waals surface area contributed by atoms with Crippen molar-refractivity contribution in [2.75, 3.05) is 24.2 Å². The lowest BCUT2D eigenvalue weighted by atomic mass is 9.96. The molecule has 1 aromatic rings. The van der Waals surface area contributed by atoms with Gasteiger partial charge in [0.25, 0.3) is 0 Å². The zero-order valence-corrected chi connectivity index (χ0v) is 14.7. The molecule has 0 atom stereocenters. The maximum absolute atomic E-state index is 11.9. The highest BCUT2D eigenvalue weighted by Crippen LogP contribution is 2.21. The Balaban J connectivity index is 1.97. The van der Waals surface area contributed by atoms with Gasteiger partial charge in [0.1, 0.15) is 11.6 Å². The minimum Gasteiger partial charge on any atom is -0.367 e. The molecule has 2 rings (SSSR count). The Bertz CT molecular complexity index is 602. The summed E-state index contributed by atoms with van der Waals surface area (Å²) in [5.41, 5.74) is -0.0870. The van der Waals surface area contributed by atoms with Crippen LogP contribution < -0.4 is 5.32 Å². The lowest BCUT2D eigenvalue weighted by Gasteiger charge is -2.31. The van der Waals surface area contributed by atoms with Gasteiger partial charge in [-0.15, -0.1) is 0 Å². The average Bonchev–Trinajstić information content (AvgIpc) is 2.47. The van der Waals surface area contributed by atoms with Crippen LogP contribution in [0.25, 0.3) is 0 Å². The van der Waals surface area contributed by atoms with Gasteiger partial charge in [-0.3, -0.25) is 0 Å². The quantitative estimate of drug-likeness (QED) is 0.916. The summed E-state index contributed by atoms with van der Waals surface area (Å²) in [7, 11) is -3.06. The van der Waals surface area contributed by atoms with Crippen LogP contribution in [-0.2, 0) is 15.4 Å². The smallest absolute Gasteiger partial charge is 0.213 e. The molecule has 1 aliphatic rings. The van der Waals surface area contributed by atoms with Gasteiger partial charge in [-0.05, 0) is 25.8 Å². The molecule has 1 fully saturated rings. The monoisotopic (exact) mass is 326 g/mol. The van der Waals surface area contributed by atoms with Crippen molar-refractivity contribution in [3.8, 4) is 0 Å². The van der Waals surface area contributed by atoms with Crippen molar-refractivity contribution in [2.45, 2.75) is 52.0 Å². The molecule has 0 aromatic carbocycles. The molecule has 1 aromatic heterocycles. The number of aromatic nitrogens is 2. The van der Waals surface area contributed by atoms with E-state index in [1.165, 1.54) is 0 Å². The molecule has 124 valence electrons. The van der Waals surface area contributed by atoms with Crippen LogP contribution in [0.5, 0.6) is 0 Å². The summed E-state index contributed by atoms with van der Waals surface area (Å²) >= 11 is 0. The first-order valence-electron chi connectivity index (χ1n) is 7.80. The van der Waals surface area contributed by atoms with Crippen LogP contribution in [0.2, 0.25) is 0 Å². The molecule has 0 amide bonds. The van der Waals surface area contributed by atoms with E-state index in [4.69, 9.17) is 0 Å². The van der Waals surface area contributed by atoms with E-state index in [-0.39, 0.29) is 17.2 Å². The van der Waals surface area contributed by atoms with Crippen LogP contribution >= 0.6 is 0 Å². The molecule has 6 nitrogen and oxygen atoms in total. The van der Waals surface area contributed by atoms with Crippen molar-refractivity contribution in [1.29, 1.82) is 0 Å². The van der Waals surface area contributed by atoms with E-state index in [2.05, 4.69) is 36.1 Å². The second-order valence-electron chi connectivity index (χ2n) is 6.73. The van der Waals surface area contributed by atoms with E-state index < -0.39 is 10.0 Å². The lowest BCUT2D eigenvalue weighted by molar-refractivity contribution is 0.330. The standard InChI is InChI=1S/C15H26N4O2S/c1-5-22(20,21)19-10-7-12(8-11-19)17-13-6-9-16-14(18-13)15(2,3)4/h6,9,12H,5,7-8,10-11H2,1-4H3,(H,16,17,18). The first-order chi connectivity index (χ1) is 10.2. The van der Waals surface area contributed by atoms with Crippen molar-refractivity contribution in [1.82, 2.24) is 14.3 Å². The van der Waals surface area contributed by atoms with Crippen molar-refractivity contribution in [3.05, 3.63) is 18.1 Å². The van der Waals surface area contributed by atoms with Gasteiger partial charge in [0.2, 0.25) is 10.0 Å². The number of rotatable bonds is 4. The third-order valence-corrected chi connectivity index (χ3v) is 5.77. The van der Waals surface area contributed by atoms with E-state index in [0.717, 1.165) is 24.5 Å². The molecule has 1 N–H and O–H groups in total. The van der Waals surface area contributed by atoms with Crippen molar-refractivity contribution < 1.29 is 8.42 Å². The van der Waals surface area contributed by atoms with Crippen LogP contribution in [0, 0.1) is 0 Å². The lowest BCUT2D eigenvalue weighted by Crippen LogP contribution is -2.43. The minimum absolute atomic E-state index is 0.0870. The van der Waals surface area contributed by atoms with Gasteiger partial charge >= 0.3 is 0 Å². The van der Waals surface area contributed by atoms with Crippen LogP contribution in [0.3, 0.4) is 0 Å². The second kappa shape index (κ2) is 6.50. The van der Waals surface area contributed by atoms with E-state index in [1.807, 2.05) is 6.07 Å². The third-order valence-electron chi connectivity index (χ3n) is 3.89. The maximum Gasteiger partial charge on any atom is 0.213 e. The number of anilines is 1. The highest BCUT2D eigenvalue weighted by molar-refractivity contribution is 7.89. The molecule has 0 unspecified atom stereocenters. The summed E-state index contributed by atoms with van der Waals surface area (Å²) < 4.78 is 25.3. The molecular formula is C15H26N4O2S. The summed E-state index contributed by atoms with van der Waals surface area (Å²) in [5, 5.41) is 3.41. The topological polar surface area (TPSA) is 75.2 Å². The number of sulfonamides is 1. The molecule has 1 saturated heterocycles. The summed E-state index contributed by atoms with van der Waals surface area (Å²) in [6.45, 7) is 9.09. The van der Waals surface area contributed by atoms with E-state index in [9.17, 15) is 8.42 Å². The van der Waals surface area contributed by atoms with Gasteiger partial charge in [-0.1, -0.05) is 20.8 Å². The molecule has 0 aliphatic carbocycles. The van der Waals surface area contributed by atoms with Gasteiger partial charge in [0.05, 0.1) is 5.75 Å². The van der Waals surface area contributed by atoms with Gasteiger partial charge < -0.3 is 5.32 Å². The van der Waals surface area contributed by atoms with Crippen LogP contribution in [0.4, 0.5) is 5.82 Å². The highest BCUT2D eigenvalue weighted by Gasteiger charge is 2.27. The first-order valence-corrected chi connectivity index (χ1v) is 9.41. The Labute approximate surface area is 133 Å². The molecule has 0 saturated carbocycles. The molecule has 0 bridgehead atoms. The van der Waals surface area contributed by atoms with Gasteiger partial charge in [-0.25, -0.2) is 22.7 Å². The molecular weight excluding hydrogens is 300 g/mol. The first kappa shape index (κ1) is 17.1. The normalized spacial score (nSPS) is 18.4. The molecule has 0 spiro atoms. The van der Waals surface area contributed by atoms with E-state index in [0.29, 0.717) is 13.1 Å². The number of nitrogens with one attached hydrogen (secondary N) is 1. The number of hydrogen-bond donors (Lipinski definition) is 1. The molecule has 0 radical (unpaired) electrons. The fourth-order valence-corrected chi connectivity index (χ4v) is 3.60. The van der Waals surface area contributed by atoms with Crippen LogP contribution in [0.15, 0.2) is 12.3 Å². The maximum atomic E-state index is 11.9. The SMILES string of the molecule is CCS(=O)(=O)N1CCC(Nc2ccnc(C(C)(C)C)n2)CC1. The number of nitrogens with zero attached hydrogens (tertiary/aromatic N) is 3. The Morgan fingerprint density at radius 3 is 2.50 bits per heavy atom. The Morgan fingerprint density at radius 1 is 1.32 bits per heavy atom. The van der Waals surface area contributed by atoms with Gasteiger partial charge in [0, 0.05) is 30.7 Å². The highest BCUT2D eigenvalue weighted by atomic mass is 32.2. The Hall–Kier alpha value is -1.21. The molecule has 7 heteroatoms. The van der Waals surface area contributed by atoms with Crippen LogP contribution in [0.1, 0.15) is 46.4 Å². The van der Waals surface area contributed by atoms with Crippen molar-refractivity contribution >= 4 is 15.8 Å². The predicted octanol–water partition coefficient (Wildman–Crippen LogP) is 2.00. The summed E-state index contributed by atoms with van der Waals surface area (Å²) in [5.74, 6) is 1.80. The summed E-state index contributed by atoms with van der Waals surface area (Å²) in [6.07, 6.45) is 3.37. The predicted molar refractivity (Wildman–Crippen MR) is 88.4 cm³/mol.